The molecular formula is C13H15Cl2NO4S. The number of benzene rings is 1. The molecule has 1 heterocycles. The molecule has 1 fully saturated rings. The summed E-state index contributed by atoms with van der Waals surface area (Å²) in [6.45, 7) is 2.58. The van der Waals surface area contributed by atoms with Crippen molar-refractivity contribution in [3.8, 4) is 5.75 Å². The molecule has 0 saturated carbocycles. The van der Waals surface area contributed by atoms with Crippen LogP contribution in [-0.2, 0) is 13.8 Å². The Bertz CT molecular complexity index is 648. The van der Waals surface area contributed by atoms with Crippen LogP contribution in [-0.4, -0.2) is 33.2 Å². The molecule has 1 saturated heterocycles. The standard InChI is InChI=1S/C13H15Cl2NO4S/c1-2-20-12-4-3-10(14)6-11(12)16-7-9(5-13(16)17)8-21(15,18)19/h3-4,6,9H,2,5,7-8H2,1H3. The summed E-state index contributed by atoms with van der Waals surface area (Å²) in [7, 11) is 1.63. The number of amides is 1. The van der Waals surface area contributed by atoms with Crippen LogP contribution in [0.3, 0.4) is 0 Å². The van der Waals surface area contributed by atoms with Gasteiger partial charge in [0.25, 0.3) is 0 Å². The van der Waals surface area contributed by atoms with Crippen molar-refractivity contribution in [3.05, 3.63) is 23.2 Å². The van der Waals surface area contributed by atoms with Gasteiger partial charge in [0, 0.05) is 34.6 Å². The molecule has 1 aliphatic rings. The highest BCUT2D eigenvalue weighted by Crippen LogP contribution is 2.35. The fraction of sp³-hybridized carbons (Fsp3) is 0.462. The molecule has 1 amide bonds. The number of rotatable bonds is 5. The van der Waals surface area contributed by atoms with Crippen molar-refractivity contribution in [1.82, 2.24) is 0 Å². The highest BCUT2D eigenvalue weighted by atomic mass is 35.7. The quantitative estimate of drug-likeness (QED) is 0.765. The summed E-state index contributed by atoms with van der Waals surface area (Å²) in [5.41, 5.74) is 0.559. The van der Waals surface area contributed by atoms with E-state index in [9.17, 15) is 13.2 Å². The van der Waals surface area contributed by atoms with E-state index in [1.807, 2.05) is 6.92 Å². The molecule has 21 heavy (non-hydrogen) atoms. The van der Waals surface area contributed by atoms with Gasteiger partial charge in [0.2, 0.25) is 15.0 Å². The molecule has 1 aliphatic heterocycles. The molecule has 1 unspecified atom stereocenters. The third kappa shape index (κ3) is 4.25. The first-order valence-corrected chi connectivity index (χ1v) is 9.31. The van der Waals surface area contributed by atoms with Gasteiger partial charge in [-0.15, -0.1) is 0 Å². The molecule has 0 radical (unpaired) electrons. The molecule has 0 aromatic heterocycles. The average Bonchev–Trinajstić information content (AvgIpc) is 2.70. The number of hydrogen-bond donors (Lipinski definition) is 0. The predicted octanol–water partition coefficient (Wildman–Crippen LogP) is 2.66. The number of hydrogen-bond acceptors (Lipinski definition) is 4. The second kappa shape index (κ2) is 6.42. The fourth-order valence-electron chi connectivity index (χ4n) is 2.39. The van der Waals surface area contributed by atoms with Gasteiger partial charge in [-0.2, -0.15) is 0 Å². The fourth-order valence-corrected chi connectivity index (χ4v) is 3.87. The average molecular weight is 352 g/mol. The largest absolute Gasteiger partial charge is 0.492 e. The van der Waals surface area contributed by atoms with Gasteiger partial charge in [-0.05, 0) is 25.1 Å². The van der Waals surface area contributed by atoms with Crippen LogP contribution >= 0.6 is 22.3 Å². The normalized spacial score (nSPS) is 19.1. The lowest BCUT2D eigenvalue weighted by Gasteiger charge is -2.20. The molecule has 8 heteroatoms. The molecule has 0 aliphatic carbocycles. The Hall–Kier alpha value is -0.980. The third-order valence-corrected chi connectivity index (χ3v) is 4.63. The van der Waals surface area contributed by atoms with Crippen molar-refractivity contribution in [1.29, 1.82) is 0 Å². The van der Waals surface area contributed by atoms with E-state index in [0.717, 1.165) is 0 Å². The molecule has 1 atom stereocenters. The summed E-state index contributed by atoms with van der Waals surface area (Å²) in [5, 5.41) is 0.481. The van der Waals surface area contributed by atoms with Gasteiger partial charge in [0.15, 0.2) is 0 Å². The van der Waals surface area contributed by atoms with Gasteiger partial charge in [-0.25, -0.2) is 8.42 Å². The number of carbonyl (C=O) groups is 1. The van der Waals surface area contributed by atoms with Crippen LogP contribution in [0.1, 0.15) is 13.3 Å². The predicted molar refractivity (Wildman–Crippen MR) is 82.7 cm³/mol. The summed E-state index contributed by atoms with van der Waals surface area (Å²) in [6.07, 6.45) is 0.143. The van der Waals surface area contributed by atoms with E-state index in [-0.39, 0.29) is 30.5 Å². The Balaban J connectivity index is 2.26. The highest BCUT2D eigenvalue weighted by Gasteiger charge is 2.34. The van der Waals surface area contributed by atoms with Crippen LogP contribution in [0.2, 0.25) is 5.02 Å². The maximum Gasteiger partial charge on any atom is 0.232 e. The molecule has 0 spiro atoms. The van der Waals surface area contributed by atoms with E-state index in [1.165, 1.54) is 4.90 Å². The summed E-state index contributed by atoms with van der Waals surface area (Å²) >= 11 is 5.98. The van der Waals surface area contributed by atoms with E-state index in [0.29, 0.717) is 23.1 Å². The third-order valence-electron chi connectivity index (χ3n) is 3.15. The zero-order valence-electron chi connectivity index (χ0n) is 11.4. The maximum atomic E-state index is 12.1. The Morgan fingerprint density at radius 3 is 2.76 bits per heavy atom. The van der Waals surface area contributed by atoms with Gasteiger partial charge in [0.05, 0.1) is 18.0 Å². The Labute approximate surface area is 133 Å². The minimum atomic E-state index is -3.63. The van der Waals surface area contributed by atoms with Gasteiger partial charge in [0.1, 0.15) is 5.75 Å². The lowest BCUT2D eigenvalue weighted by atomic mass is 10.1. The lowest BCUT2D eigenvalue weighted by molar-refractivity contribution is -0.117. The number of nitrogens with zero attached hydrogens (tertiary/aromatic N) is 1. The Morgan fingerprint density at radius 1 is 1.43 bits per heavy atom. The molecule has 1 aromatic rings. The van der Waals surface area contributed by atoms with Crippen LogP contribution in [0, 0.1) is 5.92 Å². The van der Waals surface area contributed by atoms with Gasteiger partial charge in [-0.3, -0.25) is 4.79 Å². The first kappa shape index (κ1) is 16.4. The molecule has 1 aromatic carbocycles. The molecule has 0 bridgehead atoms. The van der Waals surface area contributed by atoms with Crippen molar-refractivity contribution in [2.45, 2.75) is 13.3 Å². The molecule has 2 rings (SSSR count). The number of ether oxygens (including phenoxy) is 1. The van der Waals surface area contributed by atoms with E-state index < -0.39 is 9.05 Å². The SMILES string of the molecule is CCOc1ccc(Cl)cc1N1CC(CS(=O)(=O)Cl)CC1=O. The Morgan fingerprint density at radius 2 is 2.14 bits per heavy atom. The molecule has 116 valence electrons. The van der Waals surface area contributed by atoms with Crippen molar-refractivity contribution >= 4 is 42.9 Å². The Kier molecular flexibility index (Phi) is 5.01. The van der Waals surface area contributed by atoms with Crippen LogP contribution in [0.5, 0.6) is 5.75 Å². The van der Waals surface area contributed by atoms with E-state index in [2.05, 4.69) is 0 Å². The number of anilines is 1. The minimum absolute atomic E-state index is 0.143. The number of carbonyl (C=O) groups excluding carboxylic acids is 1. The second-order valence-electron chi connectivity index (χ2n) is 4.83. The molecule has 5 nitrogen and oxygen atoms in total. The van der Waals surface area contributed by atoms with Crippen molar-refractivity contribution in [2.24, 2.45) is 5.92 Å². The summed E-state index contributed by atoms with van der Waals surface area (Å²) < 4.78 is 27.8. The second-order valence-corrected chi connectivity index (χ2v) is 8.08. The summed E-state index contributed by atoms with van der Waals surface area (Å²) in [4.78, 5) is 13.6. The maximum absolute atomic E-state index is 12.1. The molecular weight excluding hydrogens is 337 g/mol. The van der Waals surface area contributed by atoms with Gasteiger partial charge in [-0.1, -0.05) is 11.6 Å². The van der Waals surface area contributed by atoms with Gasteiger partial charge < -0.3 is 9.64 Å². The van der Waals surface area contributed by atoms with Crippen molar-refractivity contribution in [2.75, 3.05) is 23.8 Å². The zero-order valence-corrected chi connectivity index (χ0v) is 13.7. The van der Waals surface area contributed by atoms with E-state index in [4.69, 9.17) is 27.0 Å². The first-order valence-electron chi connectivity index (χ1n) is 6.45. The smallest absolute Gasteiger partial charge is 0.232 e. The summed E-state index contributed by atoms with van der Waals surface area (Å²) in [6, 6.07) is 5.01. The van der Waals surface area contributed by atoms with Crippen LogP contribution in [0.15, 0.2) is 18.2 Å². The van der Waals surface area contributed by atoms with Crippen LogP contribution in [0.4, 0.5) is 5.69 Å². The van der Waals surface area contributed by atoms with Crippen molar-refractivity contribution < 1.29 is 17.9 Å². The van der Waals surface area contributed by atoms with E-state index in [1.54, 1.807) is 18.2 Å². The molecule has 0 N–H and O–H groups in total. The van der Waals surface area contributed by atoms with Gasteiger partial charge >= 0.3 is 0 Å². The summed E-state index contributed by atoms with van der Waals surface area (Å²) in [5.74, 6) is -0.164. The zero-order chi connectivity index (χ0) is 15.6. The highest BCUT2D eigenvalue weighted by molar-refractivity contribution is 8.13. The lowest BCUT2D eigenvalue weighted by Crippen LogP contribution is -2.26. The number of halogens is 2. The first-order chi connectivity index (χ1) is 9.80. The minimum Gasteiger partial charge on any atom is -0.492 e. The topological polar surface area (TPSA) is 63.7 Å². The van der Waals surface area contributed by atoms with Crippen LogP contribution < -0.4 is 9.64 Å². The monoisotopic (exact) mass is 351 g/mol. The van der Waals surface area contributed by atoms with Crippen molar-refractivity contribution in [3.63, 3.8) is 0 Å². The van der Waals surface area contributed by atoms with Crippen LogP contribution in [0.25, 0.3) is 0 Å². The van der Waals surface area contributed by atoms with E-state index >= 15 is 0 Å².